The zero-order valence-corrected chi connectivity index (χ0v) is 14.1. The Morgan fingerprint density at radius 3 is 3.04 bits per heavy atom. The van der Waals surface area contributed by atoms with Gasteiger partial charge >= 0.3 is 0 Å². The molecule has 0 saturated carbocycles. The molecule has 0 spiro atoms. The molecule has 4 heterocycles. The first-order valence-corrected chi connectivity index (χ1v) is 9.12. The molecule has 1 fully saturated rings. The van der Waals surface area contributed by atoms with E-state index in [1.165, 1.54) is 10.4 Å². The van der Waals surface area contributed by atoms with E-state index in [2.05, 4.69) is 34.0 Å². The van der Waals surface area contributed by atoms with E-state index in [1.54, 1.807) is 11.3 Å². The number of amides is 1. The average Bonchev–Trinajstić information content (AvgIpc) is 3.25. The van der Waals surface area contributed by atoms with E-state index >= 15 is 0 Å². The van der Waals surface area contributed by atoms with Crippen LogP contribution in [0.5, 0.6) is 0 Å². The molecule has 1 atom stereocenters. The minimum absolute atomic E-state index is 0.00506. The largest absolute Gasteiger partial charge is 0.330 e. The van der Waals surface area contributed by atoms with Gasteiger partial charge in [0.1, 0.15) is 0 Å². The molecule has 7 heteroatoms. The van der Waals surface area contributed by atoms with Crippen LogP contribution in [0.3, 0.4) is 0 Å². The van der Waals surface area contributed by atoms with Crippen molar-refractivity contribution in [3.63, 3.8) is 0 Å². The van der Waals surface area contributed by atoms with E-state index < -0.39 is 0 Å². The quantitative estimate of drug-likeness (QED) is 0.914. The summed E-state index contributed by atoms with van der Waals surface area (Å²) in [7, 11) is 0. The van der Waals surface area contributed by atoms with Crippen molar-refractivity contribution in [2.45, 2.75) is 38.3 Å². The van der Waals surface area contributed by atoms with Crippen molar-refractivity contribution in [2.24, 2.45) is 0 Å². The zero-order valence-electron chi connectivity index (χ0n) is 13.2. The van der Waals surface area contributed by atoms with Gasteiger partial charge in [0, 0.05) is 11.4 Å². The van der Waals surface area contributed by atoms with Crippen molar-refractivity contribution in [2.75, 3.05) is 19.6 Å². The van der Waals surface area contributed by atoms with Crippen LogP contribution in [0, 0.1) is 0 Å². The molecule has 1 unspecified atom stereocenters. The van der Waals surface area contributed by atoms with Crippen LogP contribution in [0.4, 0.5) is 0 Å². The minimum atomic E-state index is -0.00506. The van der Waals surface area contributed by atoms with Gasteiger partial charge in [0.2, 0.25) is 0 Å². The first-order valence-electron chi connectivity index (χ1n) is 8.24. The molecule has 1 N–H and O–H groups in total. The van der Waals surface area contributed by atoms with Crippen LogP contribution >= 0.6 is 11.3 Å². The standard InChI is InChI=1S/C16H21N5OS/c1-11-13-5-9-23-15(13)4-8-20(11)16(22)14-10-21(19-18-14)12-2-6-17-7-3-12/h5,9-12,17H,2-4,6-8H2,1H3. The van der Waals surface area contributed by atoms with E-state index in [1.807, 2.05) is 15.8 Å². The van der Waals surface area contributed by atoms with Crippen molar-refractivity contribution >= 4 is 17.2 Å². The number of hydrogen-bond acceptors (Lipinski definition) is 5. The molecule has 1 amide bonds. The summed E-state index contributed by atoms with van der Waals surface area (Å²) in [4.78, 5) is 16.2. The molecule has 2 aromatic rings. The highest BCUT2D eigenvalue weighted by Crippen LogP contribution is 2.33. The topological polar surface area (TPSA) is 63.1 Å². The summed E-state index contributed by atoms with van der Waals surface area (Å²) in [6, 6.07) is 2.60. The summed E-state index contributed by atoms with van der Waals surface area (Å²) < 4.78 is 1.87. The molecule has 6 nitrogen and oxygen atoms in total. The second kappa shape index (κ2) is 6.05. The van der Waals surface area contributed by atoms with Crippen LogP contribution in [-0.2, 0) is 6.42 Å². The van der Waals surface area contributed by atoms with Crippen molar-refractivity contribution in [1.29, 1.82) is 0 Å². The number of fused-ring (bicyclic) bond motifs is 1. The number of carbonyl (C=O) groups is 1. The third-order valence-electron chi connectivity index (χ3n) is 4.95. The number of nitrogens with zero attached hydrogens (tertiary/aromatic N) is 4. The van der Waals surface area contributed by atoms with E-state index in [0.29, 0.717) is 11.7 Å². The molecule has 23 heavy (non-hydrogen) atoms. The number of nitrogens with one attached hydrogen (secondary N) is 1. The Bertz CT molecular complexity index is 703. The molecule has 122 valence electrons. The van der Waals surface area contributed by atoms with Crippen LogP contribution in [0.1, 0.15) is 52.8 Å². The van der Waals surface area contributed by atoms with E-state index in [-0.39, 0.29) is 11.9 Å². The fourth-order valence-electron chi connectivity index (χ4n) is 3.56. The number of piperidine rings is 1. The summed E-state index contributed by atoms with van der Waals surface area (Å²) >= 11 is 1.79. The monoisotopic (exact) mass is 331 g/mol. The van der Waals surface area contributed by atoms with Gasteiger partial charge in [-0.25, -0.2) is 4.68 Å². The first-order chi connectivity index (χ1) is 11.2. The number of hydrogen-bond donors (Lipinski definition) is 1. The van der Waals surface area contributed by atoms with E-state index in [4.69, 9.17) is 0 Å². The molecule has 2 aliphatic rings. The maximum Gasteiger partial charge on any atom is 0.276 e. The van der Waals surface area contributed by atoms with Gasteiger partial charge in [-0.1, -0.05) is 5.21 Å². The van der Waals surface area contributed by atoms with Crippen LogP contribution in [0.15, 0.2) is 17.6 Å². The molecule has 2 aliphatic heterocycles. The van der Waals surface area contributed by atoms with Crippen molar-refractivity contribution in [1.82, 2.24) is 25.2 Å². The Morgan fingerprint density at radius 2 is 2.22 bits per heavy atom. The Hall–Kier alpha value is -1.73. The Balaban J connectivity index is 1.52. The molecule has 4 rings (SSSR count). The lowest BCUT2D eigenvalue weighted by molar-refractivity contribution is 0.0673. The molecule has 0 bridgehead atoms. The normalized spacial score (nSPS) is 22.1. The highest BCUT2D eigenvalue weighted by molar-refractivity contribution is 7.10. The van der Waals surface area contributed by atoms with Gasteiger partial charge in [-0.05, 0) is 56.3 Å². The summed E-state index contributed by atoms with van der Waals surface area (Å²) in [6.07, 6.45) is 4.84. The lowest BCUT2D eigenvalue weighted by atomic mass is 10.0. The Labute approximate surface area is 139 Å². The smallest absolute Gasteiger partial charge is 0.276 e. The van der Waals surface area contributed by atoms with Gasteiger partial charge in [0.25, 0.3) is 5.91 Å². The van der Waals surface area contributed by atoms with E-state index in [9.17, 15) is 4.79 Å². The first kappa shape index (κ1) is 14.8. The van der Waals surface area contributed by atoms with Crippen LogP contribution in [0.25, 0.3) is 0 Å². The Morgan fingerprint density at radius 1 is 1.39 bits per heavy atom. The molecular formula is C16H21N5OS. The maximum atomic E-state index is 12.8. The van der Waals surface area contributed by atoms with Gasteiger partial charge in [-0.15, -0.1) is 16.4 Å². The van der Waals surface area contributed by atoms with Gasteiger partial charge in [0.15, 0.2) is 5.69 Å². The van der Waals surface area contributed by atoms with Crippen LogP contribution in [-0.4, -0.2) is 45.4 Å². The maximum absolute atomic E-state index is 12.8. The second-order valence-corrected chi connectivity index (χ2v) is 7.29. The van der Waals surface area contributed by atoms with Crippen LogP contribution < -0.4 is 5.32 Å². The van der Waals surface area contributed by atoms with Gasteiger partial charge in [-0.3, -0.25) is 4.79 Å². The average molecular weight is 331 g/mol. The zero-order chi connectivity index (χ0) is 15.8. The predicted octanol–water partition coefficient (Wildman–Crippen LogP) is 2.02. The highest BCUT2D eigenvalue weighted by Gasteiger charge is 2.30. The minimum Gasteiger partial charge on any atom is -0.330 e. The fourth-order valence-corrected chi connectivity index (χ4v) is 4.52. The SMILES string of the molecule is CC1c2ccsc2CCN1C(=O)c1cn(C2CCNCC2)nn1. The molecule has 0 aromatic carbocycles. The van der Waals surface area contributed by atoms with Gasteiger partial charge < -0.3 is 10.2 Å². The molecule has 1 saturated heterocycles. The summed E-state index contributed by atoms with van der Waals surface area (Å²) in [5, 5.41) is 13.8. The number of thiophene rings is 1. The predicted molar refractivity (Wildman–Crippen MR) is 88.6 cm³/mol. The molecular weight excluding hydrogens is 310 g/mol. The lowest BCUT2D eigenvalue weighted by Gasteiger charge is -2.33. The fraction of sp³-hybridized carbons (Fsp3) is 0.562. The summed E-state index contributed by atoms with van der Waals surface area (Å²) in [5.41, 5.74) is 1.74. The Kier molecular flexibility index (Phi) is 3.90. The molecule has 2 aromatic heterocycles. The van der Waals surface area contributed by atoms with E-state index in [0.717, 1.165) is 38.9 Å². The summed E-state index contributed by atoms with van der Waals surface area (Å²) in [5.74, 6) is -0.00506. The third-order valence-corrected chi connectivity index (χ3v) is 5.95. The van der Waals surface area contributed by atoms with Crippen molar-refractivity contribution in [3.8, 4) is 0 Å². The highest BCUT2D eigenvalue weighted by atomic mass is 32.1. The molecule has 0 radical (unpaired) electrons. The van der Waals surface area contributed by atoms with Gasteiger partial charge in [0.05, 0.1) is 18.3 Å². The van der Waals surface area contributed by atoms with Gasteiger partial charge in [-0.2, -0.15) is 0 Å². The second-order valence-electron chi connectivity index (χ2n) is 6.29. The number of rotatable bonds is 2. The number of aromatic nitrogens is 3. The van der Waals surface area contributed by atoms with Crippen molar-refractivity contribution in [3.05, 3.63) is 33.8 Å². The lowest BCUT2D eigenvalue weighted by Crippen LogP contribution is -2.38. The van der Waals surface area contributed by atoms with Crippen molar-refractivity contribution < 1.29 is 4.79 Å². The van der Waals surface area contributed by atoms with Crippen LogP contribution in [0.2, 0.25) is 0 Å². The number of carbonyl (C=O) groups excluding carboxylic acids is 1. The molecule has 0 aliphatic carbocycles. The summed E-state index contributed by atoms with van der Waals surface area (Å²) in [6.45, 7) is 4.85. The third kappa shape index (κ3) is 2.68.